The molecule has 15 heavy (non-hydrogen) atoms. The quantitative estimate of drug-likeness (QED) is 0.558. The summed E-state index contributed by atoms with van der Waals surface area (Å²) in [4.78, 5) is 9.79. The highest BCUT2D eigenvalue weighted by Gasteiger charge is 2.07. The monoisotopic (exact) mass is 211 g/mol. The number of β-lactam (4-membered cyclic amide) rings is 1. The number of aliphatic hydroxyl groups is 1. The van der Waals surface area contributed by atoms with Crippen LogP contribution in [0.25, 0.3) is 0 Å². The third-order valence-corrected chi connectivity index (χ3v) is 1.43. The van der Waals surface area contributed by atoms with Crippen LogP contribution in [0.1, 0.15) is 13.3 Å². The Labute approximate surface area is 89.6 Å². The number of amides is 1. The first-order valence-electron chi connectivity index (χ1n) is 4.82. The van der Waals surface area contributed by atoms with Crippen LogP contribution in [0.15, 0.2) is 30.3 Å². The topological polar surface area (TPSA) is 69.6 Å². The maximum Gasteiger partial charge on any atom is 0.221 e. The van der Waals surface area contributed by atoms with Crippen molar-refractivity contribution in [3.63, 3.8) is 0 Å². The Hall–Kier alpha value is -1.55. The van der Waals surface area contributed by atoms with Crippen molar-refractivity contribution >= 4 is 5.91 Å². The second-order valence-corrected chi connectivity index (χ2v) is 2.75. The van der Waals surface area contributed by atoms with Crippen LogP contribution in [-0.2, 0) is 4.79 Å². The van der Waals surface area contributed by atoms with E-state index in [0.29, 0.717) is 5.75 Å². The van der Waals surface area contributed by atoms with E-state index < -0.39 is 0 Å². The minimum absolute atomic E-state index is 0.185. The average Bonchev–Trinajstić information content (AvgIpc) is 2.18. The van der Waals surface area contributed by atoms with Crippen molar-refractivity contribution in [1.82, 2.24) is 5.32 Å². The van der Waals surface area contributed by atoms with Crippen LogP contribution >= 0.6 is 0 Å². The van der Waals surface area contributed by atoms with Gasteiger partial charge in [0, 0.05) is 19.6 Å². The largest absolute Gasteiger partial charge is 0.508 e. The Morgan fingerprint density at radius 2 is 1.73 bits per heavy atom. The van der Waals surface area contributed by atoms with Gasteiger partial charge in [0.25, 0.3) is 0 Å². The Kier molecular flexibility index (Phi) is 8.09. The molecule has 1 heterocycles. The van der Waals surface area contributed by atoms with Gasteiger partial charge in [-0.25, -0.2) is 0 Å². The lowest BCUT2D eigenvalue weighted by Gasteiger charge is -2.10. The lowest BCUT2D eigenvalue weighted by atomic mass is 10.3. The van der Waals surface area contributed by atoms with Crippen LogP contribution in [0.5, 0.6) is 5.75 Å². The average molecular weight is 211 g/mol. The number of carbonyl (C=O) groups is 1. The molecule has 4 heteroatoms. The Morgan fingerprint density at radius 3 is 1.87 bits per heavy atom. The zero-order valence-electron chi connectivity index (χ0n) is 8.81. The second kappa shape index (κ2) is 9.02. The predicted molar refractivity (Wildman–Crippen MR) is 58.5 cm³/mol. The zero-order valence-corrected chi connectivity index (χ0v) is 8.81. The van der Waals surface area contributed by atoms with E-state index in [-0.39, 0.29) is 12.5 Å². The fourth-order valence-corrected chi connectivity index (χ4v) is 0.655. The smallest absolute Gasteiger partial charge is 0.221 e. The first kappa shape index (κ1) is 13.4. The van der Waals surface area contributed by atoms with Crippen molar-refractivity contribution in [2.45, 2.75) is 13.3 Å². The number of phenols is 1. The molecule has 0 unspecified atom stereocenters. The zero-order chi connectivity index (χ0) is 11.5. The van der Waals surface area contributed by atoms with E-state index in [1.165, 1.54) is 0 Å². The first-order chi connectivity index (χ1) is 7.20. The number of aromatic hydroxyl groups is 1. The van der Waals surface area contributed by atoms with Crippen molar-refractivity contribution in [3.05, 3.63) is 30.3 Å². The molecule has 1 aromatic rings. The third-order valence-electron chi connectivity index (χ3n) is 1.43. The second-order valence-electron chi connectivity index (χ2n) is 2.75. The highest BCUT2D eigenvalue weighted by molar-refractivity contribution is 5.81. The lowest BCUT2D eigenvalue weighted by molar-refractivity contribution is -0.125. The van der Waals surface area contributed by atoms with E-state index in [4.69, 9.17) is 10.2 Å². The molecule has 1 saturated heterocycles. The first-order valence-corrected chi connectivity index (χ1v) is 4.82. The van der Waals surface area contributed by atoms with Crippen LogP contribution in [0.2, 0.25) is 0 Å². The van der Waals surface area contributed by atoms with Gasteiger partial charge in [-0.05, 0) is 19.1 Å². The molecule has 2 rings (SSSR count). The van der Waals surface area contributed by atoms with Crippen LogP contribution in [0, 0.1) is 0 Å². The van der Waals surface area contributed by atoms with E-state index in [0.717, 1.165) is 13.0 Å². The summed E-state index contributed by atoms with van der Waals surface area (Å²) in [6, 6.07) is 8.71. The molecule has 1 aromatic carbocycles. The predicted octanol–water partition coefficient (Wildman–Crippen LogP) is 0.897. The molecule has 1 fully saturated rings. The molecule has 0 aromatic heterocycles. The Balaban J connectivity index is 0.000000216. The number of rotatable bonds is 0. The maximum atomic E-state index is 9.79. The van der Waals surface area contributed by atoms with E-state index in [2.05, 4.69) is 5.32 Å². The van der Waals surface area contributed by atoms with Gasteiger partial charge < -0.3 is 15.5 Å². The molecule has 0 radical (unpaired) electrons. The molecule has 0 atom stereocenters. The standard InChI is InChI=1S/C6H6O.C3H5NO.C2H6O/c7-6-4-2-1-3-5-6;5-3-1-2-4-3;1-2-3/h1-5,7H;1-2H2,(H,4,5);3H,2H2,1H3. The van der Waals surface area contributed by atoms with Gasteiger partial charge in [0.15, 0.2) is 0 Å². The molecule has 0 spiro atoms. The number of carbonyl (C=O) groups excluding carboxylic acids is 1. The van der Waals surface area contributed by atoms with Crippen LogP contribution < -0.4 is 5.32 Å². The molecule has 4 nitrogen and oxygen atoms in total. The molecule has 1 aliphatic rings. The molecular weight excluding hydrogens is 194 g/mol. The molecule has 1 amide bonds. The molecule has 84 valence electrons. The number of para-hydroxylation sites is 1. The van der Waals surface area contributed by atoms with Crippen molar-refractivity contribution < 1.29 is 15.0 Å². The highest BCUT2D eigenvalue weighted by Crippen LogP contribution is 2.02. The van der Waals surface area contributed by atoms with Gasteiger partial charge in [-0.2, -0.15) is 0 Å². The van der Waals surface area contributed by atoms with Gasteiger partial charge in [-0.3, -0.25) is 4.79 Å². The molecule has 0 aliphatic carbocycles. The number of phenolic OH excluding ortho intramolecular Hbond substituents is 1. The van der Waals surface area contributed by atoms with Gasteiger partial charge in [0.05, 0.1) is 0 Å². The van der Waals surface area contributed by atoms with Gasteiger partial charge in [0.1, 0.15) is 5.75 Å². The number of benzene rings is 1. The minimum atomic E-state index is 0.185. The van der Waals surface area contributed by atoms with Gasteiger partial charge in [0.2, 0.25) is 5.91 Å². The van der Waals surface area contributed by atoms with Gasteiger partial charge in [-0.1, -0.05) is 18.2 Å². The molecule has 1 aliphatic heterocycles. The van der Waals surface area contributed by atoms with Crippen molar-refractivity contribution in [2.24, 2.45) is 0 Å². The van der Waals surface area contributed by atoms with Crippen molar-refractivity contribution in [1.29, 1.82) is 0 Å². The summed E-state index contributed by atoms with van der Waals surface area (Å²) in [5.74, 6) is 0.507. The van der Waals surface area contributed by atoms with E-state index in [1.54, 1.807) is 31.2 Å². The number of hydrogen-bond acceptors (Lipinski definition) is 3. The third kappa shape index (κ3) is 8.77. The maximum absolute atomic E-state index is 9.79. The summed E-state index contributed by atoms with van der Waals surface area (Å²) < 4.78 is 0. The molecular formula is C11H17NO3. The van der Waals surface area contributed by atoms with Crippen LogP contribution in [-0.4, -0.2) is 29.3 Å². The SMILES string of the molecule is CCO.O=C1CCN1.Oc1ccccc1. The Morgan fingerprint density at radius 1 is 1.33 bits per heavy atom. The summed E-state index contributed by atoms with van der Waals surface area (Å²) in [6.07, 6.45) is 0.736. The summed E-state index contributed by atoms with van der Waals surface area (Å²) in [7, 11) is 0. The summed E-state index contributed by atoms with van der Waals surface area (Å²) in [6.45, 7) is 2.82. The minimum Gasteiger partial charge on any atom is -0.508 e. The molecule has 3 N–H and O–H groups in total. The number of aliphatic hydroxyl groups excluding tert-OH is 1. The molecule has 0 saturated carbocycles. The van der Waals surface area contributed by atoms with E-state index in [1.807, 2.05) is 6.07 Å². The molecule has 0 bridgehead atoms. The fraction of sp³-hybridized carbons (Fsp3) is 0.364. The lowest BCUT2D eigenvalue weighted by Crippen LogP contribution is -2.37. The van der Waals surface area contributed by atoms with Crippen molar-refractivity contribution in [3.8, 4) is 5.75 Å². The van der Waals surface area contributed by atoms with E-state index >= 15 is 0 Å². The highest BCUT2D eigenvalue weighted by atomic mass is 16.3. The van der Waals surface area contributed by atoms with Crippen LogP contribution in [0.4, 0.5) is 0 Å². The number of nitrogens with one attached hydrogen (secondary N) is 1. The van der Waals surface area contributed by atoms with E-state index in [9.17, 15) is 4.79 Å². The van der Waals surface area contributed by atoms with Gasteiger partial charge in [-0.15, -0.1) is 0 Å². The fourth-order valence-electron chi connectivity index (χ4n) is 0.655. The van der Waals surface area contributed by atoms with Gasteiger partial charge >= 0.3 is 0 Å². The summed E-state index contributed by atoms with van der Waals surface area (Å²) in [5, 5.41) is 18.8. The van der Waals surface area contributed by atoms with Crippen LogP contribution in [0.3, 0.4) is 0 Å². The number of hydrogen-bond donors (Lipinski definition) is 3. The van der Waals surface area contributed by atoms with Crippen molar-refractivity contribution in [2.75, 3.05) is 13.2 Å². The summed E-state index contributed by atoms with van der Waals surface area (Å²) in [5.41, 5.74) is 0. The Bertz CT molecular complexity index is 256. The summed E-state index contributed by atoms with van der Waals surface area (Å²) >= 11 is 0. The normalized spacial score (nSPS) is 12.0.